The number of ether oxygens (including phenoxy) is 1. The summed E-state index contributed by atoms with van der Waals surface area (Å²) in [6, 6.07) is 2.96. The molecule has 4 nitrogen and oxygen atoms in total. The van der Waals surface area contributed by atoms with Crippen molar-refractivity contribution in [1.29, 1.82) is 0 Å². The number of hydrogen-bond donors (Lipinski definition) is 1. The van der Waals surface area contributed by atoms with E-state index in [1.165, 1.54) is 37.8 Å². The fourth-order valence-corrected chi connectivity index (χ4v) is 4.06. The summed E-state index contributed by atoms with van der Waals surface area (Å²) in [5, 5.41) is 5.01. The summed E-state index contributed by atoms with van der Waals surface area (Å²) in [4.78, 5) is 11.8. The van der Waals surface area contributed by atoms with E-state index in [1.54, 1.807) is 0 Å². The van der Waals surface area contributed by atoms with Gasteiger partial charge in [-0.2, -0.15) is 5.10 Å². The first-order valence-electron chi connectivity index (χ1n) is 7.62. The molecule has 3 atom stereocenters. The van der Waals surface area contributed by atoms with Crippen LogP contribution in [-0.2, 0) is 4.79 Å². The lowest BCUT2D eigenvalue weighted by atomic mass is 9.90. The molecule has 3 unspecified atom stereocenters. The van der Waals surface area contributed by atoms with E-state index in [4.69, 9.17) is 39.5 Å². The van der Waals surface area contributed by atoms with Crippen LogP contribution in [0.3, 0.4) is 0 Å². The van der Waals surface area contributed by atoms with Gasteiger partial charge < -0.3 is 4.74 Å². The van der Waals surface area contributed by atoms with Crippen molar-refractivity contribution in [3.8, 4) is 5.75 Å². The number of halogens is 3. The molecule has 1 N–H and O–H groups in total. The van der Waals surface area contributed by atoms with E-state index in [1.807, 2.05) is 6.21 Å². The van der Waals surface area contributed by atoms with Crippen molar-refractivity contribution < 1.29 is 9.53 Å². The Hall–Kier alpha value is -0.970. The van der Waals surface area contributed by atoms with Crippen LogP contribution in [0.1, 0.15) is 25.7 Å². The van der Waals surface area contributed by atoms with Crippen LogP contribution in [0.15, 0.2) is 17.2 Å². The minimum absolute atomic E-state index is 0.189. The molecule has 2 fully saturated rings. The van der Waals surface area contributed by atoms with Crippen molar-refractivity contribution in [2.24, 2.45) is 22.9 Å². The van der Waals surface area contributed by atoms with Gasteiger partial charge >= 0.3 is 0 Å². The number of carbonyl (C=O) groups is 1. The summed E-state index contributed by atoms with van der Waals surface area (Å²) in [5.41, 5.74) is 2.49. The first kappa shape index (κ1) is 16.9. The minimum atomic E-state index is -0.341. The molecular weight excluding hydrogens is 359 g/mol. The molecule has 0 saturated heterocycles. The molecule has 2 aliphatic rings. The first-order chi connectivity index (χ1) is 11.0. The number of rotatable bonds is 5. The number of benzene rings is 1. The van der Waals surface area contributed by atoms with Gasteiger partial charge in [0.25, 0.3) is 5.91 Å². The van der Waals surface area contributed by atoms with Gasteiger partial charge in [0.15, 0.2) is 6.61 Å². The van der Waals surface area contributed by atoms with E-state index in [0.717, 1.165) is 11.8 Å². The highest BCUT2D eigenvalue weighted by molar-refractivity contribution is 6.43. The summed E-state index contributed by atoms with van der Waals surface area (Å²) in [7, 11) is 0. The number of fused-ring (bicyclic) bond motifs is 2. The van der Waals surface area contributed by atoms with Crippen LogP contribution in [0.4, 0.5) is 0 Å². The molecule has 0 aliphatic heterocycles. The number of hydrazone groups is 1. The van der Waals surface area contributed by atoms with Gasteiger partial charge in [0.05, 0.1) is 15.1 Å². The largest absolute Gasteiger partial charge is 0.482 e. The quantitative estimate of drug-likeness (QED) is 0.466. The van der Waals surface area contributed by atoms with Crippen molar-refractivity contribution in [3.63, 3.8) is 0 Å². The predicted molar refractivity (Wildman–Crippen MR) is 92.5 cm³/mol. The van der Waals surface area contributed by atoms with Gasteiger partial charge in [-0.15, -0.1) is 0 Å². The zero-order valence-corrected chi connectivity index (χ0v) is 14.7. The van der Waals surface area contributed by atoms with Crippen LogP contribution in [0.25, 0.3) is 0 Å². The third-order valence-corrected chi connectivity index (χ3v) is 5.60. The highest BCUT2D eigenvalue weighted by atomic mass is 35.5. The van der Waals surface area contributed by atoms with Gasteiger partial charge in [-0.05, 0) is 43.1 Å². The molecule has 1 amide bonds. The lowest BCUT2D eigenvalue weighted by Gasteiger charge is -2.16. The van der Waals surface area contributed by atoms with Gasteiger partial charge in [-0.25, -0.2) is 5.43 Å². The van der Waals surface area contributed by atoms with Crippen molar-refractivity contribution in [1.82, 2.24) is 5.43 Å². The molecule has 3 rings (SSSR count). The molecule has 1 aromatic carbocycles. The maximum atomic E-state index is 11.8. The summed E-state index contributed by atoms with van der Waals surface area (Å²) < 4.78 is 5.35. The second-order valence-corrected chi connectivity index (χ2v) is 7.36. The van der Waals surface area contributed by atoms with Crippen LogP contribution < -0.4 is 10.2 Å². The van der Waals surface area contributed by atoms with Crippen LogP contribution in [0.2, 0.25) is 15.1 Å². The molecule has 2 aliphatic carbocycles. The zero-order valence-electron chi connectivity index (χ0n) is 12.4. The summed E-state index contributed by atoms with van der Waals surface area (Å²) >= 11 is 17.7. The van der Waals surface area contributed by atoms with Crippen molar-refractivity contribution in [2.75, 3.05) is 6.61 Å². The van der Waals surface area contributed by atoms with Crippen LogP contribution in [-0.4, -0.2) is 18.7 Å². The number of nitrogens with zero attached hydrogens (tertiary/aromatic N) is 1. The zero-order chi connectivity index (χ0) is 16.4. The van der Waals surface area contributed by atoms with Crippen molar-refractivity contribution >= 4 is 46.9 Å². The van der Waals surface area contributed by atoms with E-state index >= 15 is 0 Å². The molecular formula is C16H17Cl3N2O2. The molecule has 2 bridgehead atoms. The second kappa shape index (κ2) is 7.29. The second-order valence-electron chi connectivity index (χ2n) is 6.14. The SMILES string of the molecule is O=C(COc1cc(Cl)c(Cl)cc1Cl)NN=CC1CC2CCC1C2. The van der Waals surface area contributed by atoms with Gasteiger partial charge in [-0.3, -0.25) is 4.79 Å². The molecule has 0 aromatic heterocycles. The first-order valence-corrected chi connectivity index (χ1v) is 8.75. The van der Waals surface area contributed by atoms with E-state index in [2.05, 4.69) is 10.5 Å². The Balaban J connectivity index is 1.46. The normalized spacial score (nSPS) is 26.0. The van der Waals surface area contributed by atoms with Crippen LogP contribution >= 0.6 is 34.8 Å². The Labute approximate surface area is 150 Å². The predicted octanol–water partition coefficient (Wildman–Crippen LogP) is 4.56. The smallest absolute Gasteiger partial charge is 0.277 e. The van der Waals surface area contributed by atoms with Gasteiger partial charge in [0.1, 0.15) is 5.75 Å². The Morgan fingerprint density at radius 3 is 2.70 bits per heavy atom. The Bertz CT molecular complexity index is 636. The van der Waals surface area contributed by atoms with E-state index in [-0.39, 0.29) is 12.5 Å². The topological polar surface area (TPSA) is 50.7 Å². The van der Waals surface area contributed by atoms with Crippen LogP contribution in [0.5, 0.6) is 5.75 Å². The lowest BCUT2D eigenvalue weighted by molar-refractivity contribution is -0.123. The molecule has 23 heavy (non-hydrogen) atoms. The Morgan fingerprint density at radius 2 is 2.00 bits per heavy atom. The Morgan fingerprint density at radius 1 is 1.22 bits per heavy atom. The van der Waals surface area contributed by atoms with Crippen molar-refractivity contribution in [3.05, 3.63) is 27.2 Å². The average Bonchev–Trinajstić information content (AvgIpc) is 3.12. The maximum absolute atomic E-state index is 11.8. The molecule has 0 radical (unpaired) electrons. The highest BCUT2D eigenvalue weighted by Gasteiger charge is 2.38. The monoisotopic (exact) mass is 374 g/mol. The standard InChI is InChI=1S/C16H17Cl3N2O2/c17-12-5-14(19)15(6-13(12)18)23-8-16(22)21-20-7-11-4-9-1-2-10(11)3-9/h5-7,9-11H,1-4,8H2,(H,21,22). The lowest BCUT2D eigenvalue weighted by Crippen LogP contribution is -2.25. The molecule has 0 heterocycles. The Kier molecular flexibility index (Phi) is 5.34. The van der Waals surface area contributed by atoms with Gasteiger partial charge in [-0.1, -0.05) is 41.2 Å². The fraction of sp³-hybridized carbons (Fsp3) is 0.500. The average molecular weight is 376 g/mol. The highest BCUT2D eigenvalue weighted by Crippen LogP contribution is 2.47. The number of hydrogen-bond acceptors (Lipinski definition) is 3. The summed E-state index contributed by atoms with van der Waals surface area (Å²) in [6.07, 6.45) is 7.00. The number of amides is 1. The molecule has 0 spiro atoms. The van der Waals surface area contributed by atoms with Gasteiger partial charge in [0, 0.05) is 12.3 Å². The third-order valence-electron chi connectivity index (χ3n) is 4.58. The van der Waals surface area contributed by atoms with Crippen LogP contribution in [0, 0.1) is 17.8 Å². The molecule has 1 aromatic rings. The van der Waals surface area contributed by atoms with Crippen molar-refractivity contribution in [2.45, 2.75) is 25.7 Å². The fourth-order valence-electron chi connectivity index (χ4n) is 3.47. The summed E-state index contributed by atoms with van der Waals surface area (Å²) in [6.45, 7) is -0.189. The number of carbonyl (C=O) groups excluding carboxylic acids is 1. The third kappa shape index (κ3) is 4.11. The summed E-state index contributed by atoms with van der Waals surface area (Å²) in [5.74, 6) is 2.07. The minimum Gasteiger partial charge on any atom is -0.482 e. The number of nitrogens with one attached hydrogen (secondary N) is 1. The molecule has 124 valence electrons. The molecule has 2 saturated carbocycles. The molecule has 7 heteroatoms. The van der Waals surface area contributed by atoms with E-state index in [9.17, 15) is 4.79 Å². The van der Waals surface area contributed by atoms with E-state index in [0.29, 0.717) is 26.7 Å². The van der Waals surface area contributed by atoms with Gasteiger partial charge in [0.2, 0.25) is 0 Å². The van der Waals surface area contributed by atoms with E-state index < -0.39 is 0 Å². The maximum Gasteiger partial charge on any atom is 0.277 e.